The van der Waals surface area contributed by atoms with E-state index >= 15 is 0 Å². The van der Waals surface area contributed by atoms with E-state index in [2.05, 4.69) is 4.72 Å². The van der Waals surface area contributed by atoms with Gasteiger partial charge in [-0.3, -0.25) is 4.72 Å². The number of anilines is 1. The first-order valence-corrected chi connectivity index (χ1v) is 6.83. The Balaban J connectivity index is 2.90. The van der Waals surface area contributed by atoms with Crippen molar-refractivity contribution in [2.24, 2.45) is 5.73 Å². The van der Waals surface area contributed by atoms with E-state index in [-0.39, 0.29) is 12.3 Å². The predicted molar refractivity (Wildman–Crippen MR) is 65.6 cm³/mol. The van der Waals surface area contributed by atoms with Crippen LogP contribution in [0.15, 0.2) is 18.2 Å². The molecule has 15 heavy (non-hydrogen) atoms. The maximum atomic E-state index is 12.7. The number of benzene rings is 1. The molecule has 0 amide bonds. The topological polar surface area (TPSA) is 72.2 Å². The van der Waals surface area contributed by atoms with Crippen molar-refractivity contribution in [3.05, 3.63) is 27.6 Å². The van der Waals surface area contributed by atoms with Gasteiger partial charge in [0, 0.05) is 10.1 Å². The number of hydrogen-bond acceptors (Lipinski definition) is 3. The van der Waals surface area contributed by atoms with Crippen molar-refractivity contribution < 1.29 is 12.8 Å². The van der Waals surface area contributed by atoms with E-state index in [4.69, 9.17) is 5.73 Å². The van der Waals surface area contributed by atoms with Gasteiger partial charge in [-0.2, -0.15) is 0 Å². The van der Waals surface area contributed by atoms with Crippen molar-refractivity contribution in [2.45, 2.75) is 0 Å². The monoisotopic (exact) mass is 344 g/mol. The van der Waals surface area contributed by atoms with Gasteiger partial charge in [0.1, 0.15) is 5.82 Å². The van der Waals surface area contributed by atoms with E-state index in [1.165, 1.54) is 18.2 Å². The molecule has 0 saturated carbocycles. The smallest absolute Gasteiger partial charge is 0.234 e. The molecule has 0 aliphatic rings. The lowest BCUT2D eigenvalue weighted by Gasteiger charge is -2.08. The molecule has 0 aliphatic heterocycles. The Morgan fingerprint density at radius 2 is 2.13 bits per heavy atom. The molecule has 0 aliphatic carbocycles. The van der Waals surface area contributed by atoms with Gasteiger partial charge in [-0.15, -0.1) is 0 Å². The molecule has 0 unspecified atom stereocenters. The summed E-state index contributed by atoms with van der Waals surface area (Å²) in [4.78, 5) is 0. The first-order valence-electron chi connectivity index (χ1n) is 4.10. The second kappa shape index (κ2) is 5.08. The van der Waals surface area contributed by atoms with Gasteiger partial charge in [-0.25, -0.2) is 12.8 Å². The number of nitrogens with one attached hydrogen (secondary N) is 1. The van der Waals surface area contributed by atoms with Crippen molar-refractivity contribution >= 4 is 38.3 Å². The molecule has 1 rings (SSSR count). The normalized spacial score (nSPS) is 11.4. The summed E-state index contributed by atoms with van der Waals surface area (Å²) in [5, 5.41) is 0. The summed E-state index contributed by atoms with van der Waals surface area (Å²) in [5.74, 6) is -0.554. The van der Waals surface area contributed by atoms with E-state index in [1.807, 2.05) is 22.6 Å². The molecule has 7 heteroatoms. The minimum absolute atomic E-state index is 0.0487. The third-order valence-electron chi connectivity index (χ3n) is 1.58. The standard InChI is InChI=1S/C8H10FIN2O2S/c9-6-1-2-8(7(10)5-6)12-15(13,14)4-3-11/h1-2,5,12H,3-4,11H2. The molecule has 0 atom stereocenters. The first kappa shape index (κ1) is 12.7. The highest BCUT2D eigenvalue weighted by Crippen LogP contribution is 2.20. The van der Waals surface area contributed by atoms with Crippen LogP contribution in [0.1, 0.15) is 0 Å². The quantitative estimate of drug-likeness (QED) is 0.805. The van der Waals surface area contributed by atoms with Gasteiger partial charge in [-0.1, -0.05) is 0 Å². The molecule has 0 radical (unpaired) electrons. The van der Waals surface area contributed by atoms with Gasteiger partial charge in [0.15, 0.2) is 0 Å². The SMILES string of the molecule is NCCS(=O)(=O)Nc1ccc(F)cc1I. The van der Waals surface area contributed by atoms with Crippen LogP contribution in [0.25, 0.3) is 0 Å². The Morgan fingerprint density at radius 3 is 2.67 bits per heavy atom. The maximum absolute atomic E-state index is 12.7. The summed E-state index contributed by atoms with van der Waals surface area (Å²) in [6.07, 6.45) is 0. The van der Waals surface area contributed by atoms with Crippen LogP contribution in [0.5, 0.6) is 0 Å². The number of halogens is 2. The molecule has 4 nitrogen and oxygen atoms in total. The zero-order chi connectivity index (χ0) is 11.5. The van der Waals surface area contributed by atoms with Gasteiger partial charge in [0.05, 0.1) is 11.4 Å². The molecule has 1 aromatic carbocycles. The molecular weight excluding hydrogens is 334 g/mol. The van der Waals surface area contributed by atoms with Crippen molar-refractivity contribution in [1.29, 1.82) is 0 Å². The first-order chi connectivity index (χ1) is 6.94. The number of sulfonamides is 1. The molecule has 0 saturated heterocycles. The Bertz CT molecular complexity index is 450. The average molecular weight is 344 g/mol. The van der Waals surface area contributed by atoms with E-state index < -0.39 is 15.8 Å². The molecule has 0 spiro atoms. The highest BCUT2D eigenvalue weighted by atomic mass is 127. The van der Waals surface area contributed by atoms with E-state index in [1.54, 1.807) is 0 Å². The molecule has 0 fully saturated rings. The minimum Gasteiger partial charge on any atom is -0.329 e. The number of rotatable bonds is 4. The average Bonchev–Trinajstić information content (AvgIpc) is 2.09. The van der Waals surface area contributed by atoms with Crippen LogP contribution in [0, 0.1) is 9.39 Å². The third-order valence-corrected chi connectivity index (χ3v) is 3.78. The Morgan fingerprint density at radius 1 is 1.47 bits per heavy atom. The zero-order valence-corrected chi connectivity index (χ0v) is 10.7. The van der Waals surface area contributed by atoms with Gasteiger partial charge in [0.2, 0.25) is 10.0 Å². The molecule has 0 heterocycles. The minimum atomic E-state index is -3.42. The van der Waals surface area contributed by atoms with Gasteiger partial charge >= 0.3 is 0 Å². The molecule has 3 N–H and O–H groups in total. The summed E-state index contributed by atoms with van der Waals surface area (Å²) in [5.41, 5.74) is 5.52. The lowest BCUT2D eigenvalue weighted by atomic mass is 10.3. The van der Waals surface area contributed by atoms with Crippen LogP contribution in [-0.2, 0) is 10.0 Å². The second-order valence-corrected chi connectivity index (χ2v) is 5.84. The van der Waals surface area contributed by atoms with Crippen LogP contribution in [-0.4, -0.2) is 20.7 Å². The molecule has 0 bridgehead atoms. The Hall–Kier alpha value is -0.410. The van der Waals surface area contributed by atoms with Gasteiger partial charge < -0.3 is 5.73 Å². The van der Waals surface area contributed by atoms with Crippen LogP contribution < -0.4 is 10.5 Å². The molecule has 1 aromatic rings. The van der Waals surface area contributed by atoms with E-state index in [0.717, 1.165) is 0 Å². The van der Waals surface area contributed by atoms with E-state index in [0.29, 0.717) is 9.26 Å². The largest absolute Gasteiger partial charge is 0.329 e. The Kier molecular flexibility index (Phi) is 4.29. The summed E-state index contributed by atoms with van der Waals surface area (Å²) in [6.45, 7) is 0.0487. The van der Waals surface area contributed by atoms with Gasteiger partial charge in [-0.05, 0) is 40.8 Å². The number of hydrogen-bond donors (Lipinski definition) is 2. The Labute approximate surface area is 101 Å². The van der Waals surface area contributed by atoms with Crippen LogP contribution in [0.4, 0.5) is 10.1 Å². The fourth-order valence-corrected chi connectivity index (χ4v) is 2.67. The maximum Gasteiger partial charge on any atom is 0.234 e. The number of nitrogens with two attached hydrogens (primary N) is 1. The lowest BCUT2D eigenvalue weighted by Crippen LogP contribution is -2.22. The van der Waals surface area contributed by atoms with Crippen molar-refractivity contribution in [2.75, 3.05) is 17.0 Å². The summed E-state index contributed by atoms with van der Waals surface area (Å²) in [7, 11) is -3.42. The lowest BCUT2D eigenvalue weighted by molar-refractivity contribution is 0.600. The third kappa shape index (κ3) is 3.92. The van der Waals surface area contributed by atoms with Crippen molar-refractivity contribution in [3.63, 3.8) is 0 Å². The molecule has 84 valence electrons. The highest BCUT2D eigenvalue weighted by molar-refractivity contribution is 14.1. The fraction of sp³-hybridized carbons (Fsp3) is 0.250. The fourth-order valence-electron chi connectivity index (χ4n) is 0.946. The van der Waals surface area contributed by atoms with Crippen LogP contribution in [0.2, 0.25) is 0 Å². The summed E-state index contributed by atoms with van der Waals surface area (Å²) < 4.78 is 38.3. The molecular formula is C8H10FIN2O2S. The molecule has 0 aromatic heterocycles. The van der Waals surface area contributed by atoms with Crippen molar-refractivity contribution in [3.8, 4) is 0 Å². The summed E-state index contributed by atoms with van der Waals surface area (Å²) in [6, 6.07) is 3.83. The van der Waals surface area contributed by atoms with Crippen LogP contribution in [0.3, 0.4) is 0 Å². The predicted octanol–water partition coefficient (Wildman–Crippen LogP) is 1.13. The second-order valence-electron chi connectivity index (χ2n) is 2.83. The summed E-state index contributed by atoms with van der Waals surface area (Å²) >= 11 is 1.86. The van der Waals surface area contributed by atoms with Crippen LogP contribution >= 0.6 is 22.6 Å². The van der Waals surface area contributed by atoms with Gasteiger partial charge in [0.25, 0.3) is 0 Å². The van der Waals surface area contributed by atoms with E-state index in [9.17, 15) is 12.8 Å². The zero-order valence-electron chi connectivity index (χ0n) is 7.70. The van der Waals surface area contributed by atoms with Crippen molar-refractivity contribution in [1.82, 2.24) is 0 Å². The highest BCUT2D eigenvalue weighted by Gasteiger charge is 2.11.